The van der Waals surface area contributed by atoms with Crippen LogP contribution in [0.4, 0.5) is 5.13 Å². The molecule has 7 heteroatoms. The lowest BCUT2D eigenvalue weighted by Crippen LogP contribution is -2.26. The first-order chi connectivity index (χ1) is 9.15. The van der Waals surface area contributed by atoms with Crippen LogP contribution < -0.4 is 5.32 Å². The Morgan fingerprint density at radius 2 is 2.16 bits per heavy atom. The number of hydrogen-bond donors (Lipinski definition) is 2. The van der Waals surface area contributed by atoms with Crippen LogP contribution in [-0.2, 0) is 9.53 Å². The van der Waals surface area contributed by atoms with Crippen LogP contribution in [0.25, 0.3) is 0 Å². The van der Waals surface area contributed by atoms with Crippen LogP contribution >= 0.6 is 11.3 Å². The molecule has 6 nitrogen and oxygen atoms in total. The summed E-state index contributed by atoms with van der Waals surface area (Å²) >= 11 is 1.02. The van der Waals surface area contributed by atoms with Crippen LogP contribution in [-0.4, -0.2) is 34.7 Å². The molecule has 1 atom stereocenters. The van der Waals surface area contributed by atoms with Crippen LogP contribution in [0.1, 0.15) is 47.0 Å². The number of amides is 1. The monoisotopic (exact) mass is 282 g/mol. The van der Waals surface area contributed by atoms with Gasteiger partial charge in [0.25, 0.3) is 5.91 Å². The minimum atomic E-state index is -0.975. The second-order valence-corrected chi connectivity index (χ2v) is 5.80. The quantitative estimate of drug-likeness (QED) is 0.879. The zero-order chi connectivity index (χ0) is 13.4. The largest absolute Gasteiger partial charge is 0.477 e. The van der Waals surface area contributed by atoms with Gasteiger partial charge in [-0.1, -0.05) is 11.3 Å². The highest BCUT2D eigenvalue weighted by molar-refractivity contribution is 7.17. The normalized spacial score (nSPS) is 22.4. The smallest absolute Gasteiger partial charge is 0.347 e. The van der Waals surface area contributed by atoms with Gasteiger partial charge in [-0.2, -0.15) is 0 Å². The molecule has 1 saturated heterocycles. The van der Waals surface area contributed by atoms with Gasteiger partial charge in [-0.3, -0.25) is 10.1 Å². The van der Waals surface area contributed by atoms with Gasteiger partial charge >= 0.3 is 5.97 Å². The van der Waals surface area contributed by atoms with E-state index in [9.17, 15) is 9.59 Å². The van der Waals surface area contributed by atoms with Crippen molar-refractivity contribution in [2.75, 3.05) is 11.9 Å². The Kier molecular flexibility index (Phi) is 3.24. The highest BCUT2D eigenvalue weighted by Crippen LogP contribution is 2.43. The zero-order valence-electron chi connectivity index (χ0n) is 10.2. The molecule has 2 fully saturated rings. The molecule has 102 valence electrons. The molecular weight excluding hydrogens is 268 g/mol. The second-order valence-electron chi connectivity index (χ2n) is 4.80. The third kappa shape index (κ3) is 2.62. The number of thiazole rings is 1. The van der Waals surface area contributed by atoms with Crippen LogP contribution in [0, 0.1) is 0 Å². The number of carbonyl (C=O) groups excluding carboxylic acids is 1. The number of carboxylic acid groups (broad SMARTS) is 1. The third-order valence-corrected chi connectivity index (χ3v) is 4.24. The van der Waals surface area contributed by atoms with Gasteiger partial charge < -0.3 is 9.84 Å². The van der Waals surface area contributed by atoms with Gasteiger partial charge in [-0.15, -0.1) is 0 Å². The third-order valence-electron chi connectivity index (χ3n) is 3.26. The predicted molar refractivity (Wildman–Crippen MR) is 68.7 cm³/mol. The molecule has 1 aliphatic carbocycles. The summed E-state index contributed by atoms with van der Waals surface area (Å²) in [5.41, 5.74) is 0.611. The average molecular weight is 282 g/mol. The molecule has 2 aliphatic rings. The van der Waals surface area contributed by atoms with Crippen molar-refractivity contribution in [2.45, 2.75) is 37.7 Å². The number of anilines is 1. The van der Waals surface area contributed by atoms with Crippen molar-refractivity contribution in [2.24, 2.45) is 0 Å². The summed E-state index contributed by atoms with van der Waals surface area (Å²) in [5, 5.41) is 12.2. The van der Waals surface area contributed by atoms with Crippen molar-refractivity contribution in [1.29, 1.82) is 0 Å². The molecular formula is C12H14N2O4S. The second kappa shape index (κ2) is 4.90. The summed E-state index contributed by atoms with van der Waals surface area (Å²) in [5.74, 6) is -0.960. The molecule has 3 rings (SSSR count). The molecule has 2 heterocycles. The van der Waals surface area contributed by atoms with Gasteiger partial charge in [-0.25, -0.2) is 9.78 Å². The summed E-state index contributed by atoms with van der Waals surface area (Å²) in [4.78, 5) is 27.5. The number of carbonyl (C=O) groups is 2. The number of nitrogens with one attached hydrogen (secondary N) is 1. The van der Waals surface area contributed by atoms with Crippen molar-refractivity contribution in [3.8, 4) is 0 Å². The van der Waals surface area contributed by atoms with Crippen molar-refractivity contribution in [3.63, 3.8) is 0 Å². The number of rotatable bonds is 4. The average Bonchev–Trinajstić information content (AvgIpc) is 2.92. The molecule has 1 aromatic heterocycles. The van der Waals surface area contributed by atoms with E-state index in [1.807, 2.05) is 0 Å². The SMILES string of the molecule is O=C(O)c1sc(NC(=O)C2CCCO2)nc1C1CC1. The molecule has 1 amide bonds. The summed E-state index contributed by atoms with van der Waals surface area (Å²) in [6, 6.07) is 0. The van der Waals surface area contributed by atoms with E-state index >= 15 is 0 Å². The van der Waals surface area contributed by atoms with Crippen molar-refractivity contribution in [3.05, 3.63) is 10.6 Å². The Morgan fingerprint density at radius 3 is 2.74 bits per heavy atom. The van der Waals surface area contributed by atoms with E-state index in [1.165, 1.54) is 0 Å². The fraction of sp³-hybridized carbons (Fsp3) is 0.583. The lowest BCUT2D eigenvalue weighted by molar-refractivity contribution is -0.124. The van der Waals surface area contributed by atoms with E-state index in [0.717, 1.165) is 30.6 Å². The van der Waals surface area contributed by atoms with Crippen LogP contribution in [0.5, 0.6) is 0 Å². The predicted octanol–water partition coefficient (Wildman–Crippen LogP) is 1.84. The minimum Gasteiger partial charge on any atom is -0.477 e. The molecule has 0 spiro atoms. The van der Waals surface area contributed by atoms with E-state index in [4.69, 9.17) is 9.84 Å². The van der Waals surface area contributed by atoms with E-state index in [1.54, 1.807) is 0 Å². The van der Waals surface area contributed by atoms with E-state index < -0.39 is 12.1 Å². The highest BCUT2D eigenvalue weighted by Gasteiger charge is 2.33. The maximum atomic E-state index is 11.9. The Bertz CT molecular complexity index is 518. The highest BCUT2D eigenvalue weighted by atomic mass is 32.1. The Labute approximate surface area is 113 Å². The molecule has 2 N–H and O–H groups in total. The lowest BCUT2D eigenvalue weighted by Gasteiger charge is -2.07. The lowest BCUT2D eigenvalue weighted by atomic mass is 10.2. The summed E-state index contributed by atoms with van der Waals surface area (Å²) in [7, 11) is 0. The fourth-order valence-corrected chi connectivity index (χ4v) is 3.04. The maximum Gasteiger partial charge on any atom is 0.347 e. The molecule has 19 heavy (non-hydrogen) atoms. The van der Waals surface area contributed by atoms with E-state index in [2.05, 4.69) is 10.3 Å². The zero-order valence-corrected chi connectivity index (χ0v) is 11.0. The molecule has 1 unspecified atom stereocenters. The van der Waals surface area contributed by atoms with Gasteiger partial charge in [-0.05, 0) is 25.7 Å². The Morgan fingerprint density at radius 1 is 1.37 bits per heavy atom. The Hall–Kier alpha value is -1.47. The summed E-state index contributed by atoms with van der Waals surface area (Å²) in [6.45, 7) is 0.601. The van der Waals surface area contributed by atoms with Crippen LogP contribution in [0.15, 0.2) is 0 Å². The van der Waals surface area contributed by atoms with Gasteiger partial charge in [0.1, 0.15) is 11.0 Å². The number of aromatic nitrogens is 1. The molecule has 1 saturated carbocycles. The number of aromatic carboxylic acids is 1. The van der Waals surface area contributed by atoms with Crippen LogP contribution in [0.2, 0.25) is 0 Å². The van der Waals surface area contributed by atoms with E-state index in [0.29, 0.717) is 23.9 Å². The van der Waals surface area contributed by atoms with Crippen LogP contribution in [0.3, 0.4) is 0 Å². The summed E-state index contributed by atoms with van der Waals surface area (Å²) in [6.07, 6.45) is 3.11. The number of nitrogens with zero attached hydrogens (tertiary/aromatic N) is 1. The molecule has 1 aliphatic heterocycles. The standard InChI is InChI=1S/C12H14N2O4S/c15-10(7-2-1-5-18-7)14-12-13-8(6-3-4-6)9(19-12)11(16)17/h6-7H,1-5H2,(H,16,17)(H,13,14,15). The van der Waals surface area contributed by atoms with Gasteiger partial charge in [0, 0.05) is 12.5 Å². The first-order valence-corrected chi connectivity index (χ1v) is 7.13. The fourth-order valence-electron chi connectivity index (χ4n) is 2.14. The van der Waals surface area contributed by atoms with Crippen molar-refractivity contribution < 1.29 is 19.4 Å². The van der Waals surface area contributed by atoms with Crippen molar-refractivity contribution in [1.82, 2.24) is 4.98 Å². The first-order valence-electron chi connectivity index (χ1n) is 6.31. The van der Waals surface area contributed by atoms with Crippen molar-refractivity contribution >= 4 is 28.3 Å². The number of hydrogen-bond acceptors (Lipinski definition) is 5. The molecule has 0 bridgehead atoms. The minimum absolute atomic E-state index is 0.231. The van der Waals surface area contributed by atoms with Gasteiger partial charge in [0.05, 0.1) is 5.69 Å². The van der Waals surface area contributed by atoms with Gasteiger partial charge in [0.15, 0.2) is 5.13 Å². The Balaban J connectivity index is 1.75. The molecule has 1 aromatic rings. The summed E-state index contributed by atoms with van der Waals surface area (Å²) < 4.78 is 5.28. The first kappa shape index (κ1) is 12.6. The molecule has 0 radical (unpaired) electrons. The van der Waals surface area contributed by atoms with Gasteiger partial charge in [0.2, 0.25) is 0 Å². The topological polar surface area (TPSA) is 88.5 Å². The van der Waals surface area contributed by atoms with E-state index in [-0.39, 0.29) is 16.7 Å². The number of carboxylic acids is 1. The molecule has 0 aromatic carbocycles. The maximum absolute atomic E-state index is 11.9. The number of ether oxygens (including phenoxy) is 1.